The largest absolute Gasteiger partial charge is 0.317 e. The third-order valence-corrected chi connectivity index (χ3v) is 4.11. The summed E-state index contributed by atoms with van der Waals surface area (Å²) in [5.41, 5.74) is 7.20. The van der Waals surface area contributed by atoms with Crippen molar-refractivity contribution in [1.82, 2.24) is 0 Å². The summed E-state index contributed by atoms with van der Waals surface area (Å²) >= 11 is 0. The van der Waals surface area contributed by atoms with Crippen LogP contribution in [0.4, 0.5) is 10.1 Å². The van der Waals surface area contributed by atoms with Crippen LogP contribution in [0, 0.1) is 5.82 Å². The van der Waals surface area contributed by atoms with Crippen LogP contribution >= 0.6 is 12.4 Å². The van der Waals surface area contributed by atoms with E-state index in [1.807, 2.05) is 0 Å². The van der Waals surface area contributed by atoms with Gasteiger partial charge in [0, 0.05) is 12.2 Å². The van der Waals surface area contributed by atoms with E-state index in [0.29, 0.717) is 12.2 Å². The van der Waals surface area contributed by atoms with Gasteiger partial charge in [0.1, 0.15) is 5.82 Å². The topological polar surface area (TPSA) is 46.3 Å². The third kappa shape index (κ3) is 2.35. The zero-order valence-electron chi connectivity index (χ0n) is 10.7. The first-order chi connectivity index (χ1) is 8.60. The minimum atomic E-state index is -0.728. The molecular formula is C14H18ClFN2O. The number of nitrogens with zero attached hydrogens (tertiary/aromatic N) is 1. The zero-order chi connectivity index (χ0) is 12.8. The molecule has 0 aromatic heterocycles. The number of carbonyl (C=O) groups is 1. The molecule has 1 heterocycles. The maximum absolute atomic E-state index is 13.3. The van der Waals surface area contributed by atoms with E-state index in [-0.39, 0.29) is 24.1 Å². The fourth-order valence-corrected chi connectivity index (χ4v) is 3.05. The van der Waals surface area contributed by atoms with E-state index >= 15 is 0 Å². The van der Waals surface area contributed by atoms with Gasteiger partial charge in [-0.15, -0.1) is 12.4 Å². The molecule has 19 heavy (non-hydrogen) atoms. The van der Waals surface area contributed by atoms with Gasteiger partial charge in [0.05, 0.1) is 5.54 Å². The van der Waals surface area contributed by atoms with Gasteiger partial charge in [-0.1, -0.05) is 18.9 Å². The van der Waals surface area contributed by atoms with E-state index in [1.165, 1.54) is 12.1 Å². The highest BCUT2D eigenvalue weighted by Gasteiger charge is 2.41. The maximum Gasteiger partial charge on any atom is 0.247 e. The van der Waals surface area contributed by atoms with Gasteiger partial charge >= 0.3 is 0 Å². The molecule has 3 nitrogen and oxygen atoms in total. The minimum Gasteiger partial charge on any atom is -0.317 e. The number of hydrogen-bond donors (Lipinski definition) is 1. The average molecular weight is 285 g/mol. The Bertz CT molecular complexity index is 500. The first-order valence-electron chi connectivity index (χ1n) is 6.49. The lowest BCUT2D eigenvalue weighted by molar-refractivity contribution is -0.123. The summed E-state index contributed by atoms with van der Waals surface area (Å²) in [4.78, 5) is 14.2. The Labute approximate surface area is 118 Å². The molecule has 1 aromatic rings. The second-order valence-electron chi connectivity index (χ2n) is 5.34. The molecule has 0 radical (unpaired) electrons. The van der Waals surface area contributed by atoms with Crippen molar-refractivity contribution in [3.63, 3.8) is 0 Å². The molecule has 0 unspecified atom stereocenters. The summed E-state index contributed by atoms with van der Waals surface area (Å²) in [7, 11) is 0. The summed E-state index contributed by atoms with van der Waals surface area (Å²) in [5.74, 6) is -0.338. The van der Waals surface area contributed by atoms with Crippen LogP contribution in [0.1, 0.15) is 31.2 Å². The Morgan fingerprint density at radius 1 is 1.32 bits per heavy atom. The molecule has 1 aromatic carbocycles. The molecule has 3 rings (SSSR count). The monoisotopic (exact) mass is 284 g/mol. The lowest BCUT2D eigenvalue weighted by Gasteiger charge is -2.29. The van der Waals surface area contributed by atoms with Gasteiger partial charge in [0.15, 0.2) is 0 Å². The van der Waals surface area contributed by atoms with Crippen LogP contribution in [-0.4, -0.2) is 18.0 Å². The molecule has 104 valence electrons. The second-order valence-corrected chi connectivity index (χ2v) is 5.34. The lowest BCUT2D eigenvalue weighted by atomic mass is 9.97. The molecule has 2 N–H and O–H groups in total. The second kappa shape index (κ2) is 5.10. The van der Waals surface area contributed by atoms with E-state index in [9.17, 15) is 9.18 Å². The van der Waals surface area contributed by atoms with Crippen molar-refractivity contribution >= 4 is 24.0 Å². The fourth-order valence-electron chi connectivity index (χ4n) is 3.05. The molecule has 0 spiro atoms. The maximum atomic E-state index is 13.3. The van der Waals surface area contributed by atoms with Crippen LogP contribution in [0.2, 0.25) is 0 Å². The van der Waals surface area contributed by atoms with E-state index in [2.05, 4.69) is 0 Å². The van der Waals surface area contributed by atoms with Crippen LogP contribution in [-0.2, 0) is 11.2 Å². The van der Waals surface area contributed by atoms with Gasteiger partial charge in [-0.2, -0.15) is 0 Å². The summed E-state index contributed by atoms with van der Waals surface area (Å²) in [6.07, 6.45) is 4.29. The quantitative estimate of drug-likeness (QED) is 0.861. The number of amides is 1. The average Bonchev–Trinajstić information content (AvgIpc) is 2.95. The number of halogens is 2. The number of fused-ring (bicyclic) bond motifs is 1. The Morgan fingerprint density at radius 3 is 2.68 bits per heavy atom. The molecule has 0 saturated heterocycles. The van der Waals surface area contributed by atoms with Gasteiger partial charge in [0.25, 0.3) is 0 Å². The van der Waals surface area contributed by atoms with E-state index in [1.54, 1.807) is 11.0 Å². The summed E-state index contributed by atoms with van der Waals surface area (Å²) < 4.78 is 13.3. The van der Waals surface area contributed by atoms with Gasteiger partial charge in [-0.3, -0.25) is 4.79 Å². The number of nitrogens with two attached hydrogens (primary N) is 1. The standard InChI is InChI=1S/C14H17FN2O.ClH/c15-11-4-3-10-5-8-17(12(10)9-11)13(18)14(16)6-1-2-7-14;/h3-4,9H,1-2,5-8,16H2;1H. The Hall–Kier alpha value is -1.13. The molecule has 0 bridgehead atoms. The lowest BCUT2D eigenvalue weighted by Crippen LogP contribution is -2.53. The van der Waals surface area contributed by atoms with Crippen molar-refractivity contribution in [2.45, 2.75) is 37.6 Å². The zero-order valence-corrected chi connectivity index (χ0v) is 11.5. The van der Waals surface area contributed by atoms with E-state index in [4.69, 9.17) is 5.73 Å². The van der Waals surface area contributed by atoms with Crippen LogP contribution in [0.5, 0.6) is 0 Å². The first-order valence-corrected chi connectivity index (χ1v) is 6.49. The van der Waals surface area contributed by atoms with Gasteiger partial charge in [-0.05, 0) is 37.0 Å². The SMILES string of the molecule is Cl.NC1(C(=O)N2CCc3ccc(F)cc32)CCCC1. The highest BCUT2D eigenvalue weighted by molar-refractivity contribution is 6.01. The smallest absolute Gasteiger partial charge is 0.247 e. The molecule has 1 fully saturated rings. The highest BCUT2D eigenvalue weighted by Crippen LogP contribution is 2.35. The summed E-state index contributed by atoms with van der Waals surface area (Å²) in [5, 5.41) is 0. The minimum absolute atomic E-state index is 0. The third-order valence-electron chi connectivity index (χ3n) is 4.11. The van der Waals surface area contributed by atoms with Gasteiger partial charge < -0.3 is 10.6 Å². The van der Waals surface area contributed by atoms with Crippen LogP contribution in [0.15, 0.2) is 18.2 Å². The van der Waals surface area contributed by atoms with Crippen molar-refractivity contribution in [2.24, 2.45) is 5.73 Å². The number of benzene rings is 1. The number of hydrogen-bond acceptors (Lipinski definition) is 2. The van der Waals surface area contributed by atoms with Crippen molar-refractivity contribution in [3.05, 3.63) is 29.6 Å². The van der Waals surface area contributed by atoms with E-state index in [0.717, 1.165) is 37.7 Å². The number of carbonyl (C=O) groups excluding carboxylic acids is 1. The molecule has 1 amide bonds. The molecule has 0 atom stereocenters. The molecule has 1 aliphatic carbocycles. The molecule has 5 heteroatoms. The van der Waals surface area contributed by atoms with Crippen LogP contribution in [0.3, 0.4) is 0 Å². The Balaban J connectivity index is 0.00000133. The van der Waals surface area contributed by atoms with Crippen molar-refractivity contribution in [1.29, 1.82) is 0 Å². The highest BCUT2D eigenvalue weighted by atomic mass is 35.5. The van der Waals surface area contributed by atoms with Crippen LogP contribution in [0.25, 0.3) is 0 Å². The van der Waals surface area contributed by atoms with Crippen LogP contribution < -0.4 is 10.6 Å². The molecular weight excluding hydrogens is 267 g/mol. The molecule has 1 aliphatic heterocycles. The summed E-state index contributed by atoms with van der Waals surface area (Å²) in [6.45, 7) is 0.622. The first kappa shape index (κ1) is 14.3. The van der Waals surface area contributed by atoms with Crippen molar-refractivity contribution in [3.8, 4) is 0 Å². The van der Waals surface area contributed by atoms with Crippen molar-refractivity contribution in [2.75, 3.05) is 11.4 Å². The Kier molecular flexibility index (Phi) is 3.83. The molecule has 2 aliphatic rings. The van der Waals surface area contributed by atoms with Gasteiger partial charge in [-0.25, -0.2) is 4.39 Å². The van der Waals surface area contributed by atoms with E-state index < -0.39 is 5.54 Å². The number of anilines is 1. The molecule has 1 saturated carbocycles. The van der Waals surface area contributed by atoms with Crippen molar-refractivity contribution < 1.29 is 9.18 Å². The predicted octanol–water partition coefficient (Wildman–Crippen LogP) is 2.41. The predicted molar refractivity (Wildman–Crippen MR) is 75.1 cm³/mol. The van der Waals surface area contributed by atoms with Gasteiger partial charge in [0.2, 0.25) is 5.91 Å². The fraction of sp³-hybridized carbons (Fsp3) is 0.500. The summed E-state index contributed by atoms with van der Waals surface area (Å²) in [6, 6.07) is 4.65. The number of rotatable bonds is 1. The Morgan fingerprint density at radius 2 is 2.00 bits per heavy atom. The normalized spacial score (nSPS) is 20.0.